The molecule has 3 heteroatoms. The number of aliphatic hydroxyl groups is 1. The van der Waals surface area contributed by atoms with E-state index in [2.05, 4.69) is 6.07 Å². The summed E-state index contributed by atoms with van der Waals surface area (Å²) < 4.78 is 6.44. The van der Waals surface area contributed by atoms with Crippen molar-refractivity contribution in [1.82, 2.24) is 0 Å². The van der Waals surface area contributed by atoms with E-state index in [9.17, 15) is 5.11 Å². The first kappa shape index (κ1) is 10.6. The fraction of sp³-hybridized carbons (Fsp3) is 0.143. The molecule has 2 heterocycles. The van der Waals surface area contributed by atoms with E-state index in [0.29, 0.717) is 0 Å². The molecule has 0 aliphatic carbocycles. The third kappa shape index (κ3) is 1.68. The van der Waals surface area contributed by atoms with Crippen molar-refractivity contribution in [2.24, 2.45) is 0 Å². The molecular weight excluding hydrogens is 232 g/mol. The van der Waals surface area contributed by atoms with Crippen molar-refractivity contribution < 1.29 is 9.52 Å². The predicted octanol–water partition coefficient (Wildman–Crippen LogP) is 3.88. The lowest BCUT2D eigenvalue weighted by molar-refractivity contribution is 0.220. The van der Waals surface area contributed by atoms with Gasteiger partial charge in [0.2, 0.25) is 0 Å². The largest absolute Gasteiger partial charge is 0.469 e. The minimum atomic E-state index is -0.607. The SMILES string of the molecule is Cc1occc1C(O)c1csc2ccccc12. The summed E-state index contributed by atoms with van der Waals surface area (Å²) >= 11 is 1.65. The van der Waals surface area contributed by atoms with Gasteiger partial charge in [0.05, 0.1) is 6.26 Å². The second-order valence-electron chi connectivity index (χ2n) is 4.02. The fourth-order valence-corrected chi connectivity index (χ4v) is 3.04. The normalized spacial score (nSPS) is 13.1. The van der Waals surface area contributed by atoms with Crippen LogP contribution in [0.3, 0.4) is 0 Å². The Morgan fingerprint density at radius 3 is 2.76 bits per heavy atom. The van der Waals surface area contributed by atoms with E-state index in [1.807, 2.05) is 36.6 Å². The average Bonchev–Trinajstić information content (AvgIpc) is 2.94. The van der Waals surface area contributed by atoms with Gasteiger partial charge < -0.3 is 9.52 Å². The van der Waals surface area contributed by atoms with Gasteiger partial charge in [0.15, 0.2) is 0 Å². The number of thiophene rings is 1. The van der Waals surface area contributed by atoms with Crippen LogP contribution in [0.5, 0.6) is 0 Å². The van der Waals surface area contributed by atoms with Crippen LogP contribution < -0.4 is 0 Å². The summed E-state index contributed by atoms with van der Waals surface area (Å²) in [5.74, 6) is 0.771. The van der Waals surface area contributed by atoms with E-state index in [1.54, 1.807) is 17.6 Å². The van der Waals surface area contributed by atoms with Gasteiger partial charge in [-0.3, -0.25) is 0 Å². The highest BCUT2D eigenvalue weighted by Crippen LogP contribution is 2.34. The van der Waals surface area contributed by atoms with Crippen LogP contribution in [-0.4, -0.2) is 5.11 Å². The van der Waals surface area contributed by atoms with Crippen LogP contribution in [0.4, 0.5) is 0 Å². The molecular formula is C14H12O2S. The molecule has 0 fully saturated rings. The second kappa shape index (κ2) is 4.02. The van der Waals surface area contributed by atoms with E-state index in [4.69, 9.17) is 4.42 Å². The van der Waals surface area contributed by atoms with Crippen molar-refractivity contribution in [2.45, 2.75) is 13.0 Å². The van der Waals surface area contributed by atoms with Crippen molar-refractivity contribution in [3.05, 3.63) is 58.9 Å². The van der Waals surface area contributed by atoms with Gasteiger partial charge in [-0.05, 0) is 29.8 Å². The van der Waals surface area contributed by atoms with Crippen molar-refractivity contribution in [3.8, 4) is 0 Å². The molecule has 0 saturated heterocycles. The fourth-order valence-electron chi connectivity index (χ4n) is 2.06. The standard InChI is InChI=1S/C14H12O2S/c1-9-10(6-7-16-9)14(15)12-8-17-13-5-3-2-4-11(12)13/h2-8,14-15H,1H3. The molecule has 0 aliphatic rings. The summed E-state index contributed by atoms with van der Waals surface area (Å²) in [5, 5.41) is 13.5. The van der Waals surface area contributed by atoms with Crippen LogP contribution in [0, 0.1) is 6.92 Å². The van der Waals surface area contributed by atoms with Crippen LogP contribution in [0.25, 0.3) is 10.1 Å². The van der Waals surface area contributed by atoms with Crippen LogP contribution in [0.2, 0.25) is 0 Å². The first-order valence-corrected chi connectivity index (χ1v) is 6.33. The summed E-state index contributed by atoms with van der Waals surface area (Å²) in [6, 6.07) is 9.94. The van der Waals surface area contributed by atoms with Crippen LogP contribution >= 0.6 is 11.3 Å². The lowest BCUT2D eigenvalue weighted by Gasteiger charge is -2.08. The van der Waals surface area contributed by atoms with Crippen molar-refractivity contribution in [3.63, 3.8) is 0 Å². The Morgan fingerprint density at radius 2 is 2.00 bits per heavy atom. The van der Waals surface area contributed by atoms with Gasteiger partial charge in [-0.25, -0.2) is 0 Å². The molecule has 0 radical (unpaired) electrons. The molecule has 3 aromatic rings. The minimum Gasteiger partial charge on any atom is -0.469 e. The Balaban J connectivity index is 2.13. The zero-order valence-corrected chi connectivity index (χ0v) is 10.2. The zero-order chi connectivity index (χ0) is 11.8. The quantitative estimate of drug-likeness (QED) is 0.742. The topological polar surface area (TPSA) is 33.4 Å². The Bertz CT molecular complexity index is 651. The van der Waals surface area contributed by atoms with E-state index >= 15 is 0 Å². The molecule has 1 N–H and O–H groups in total. The first-order valence-electron chi connectivity index (χ1n) is 5.45. The first-order chi connectivity index (χ1) is 8.27. The van der Waals surface area contributed by atoms with Gasteiger partial charge >= 0.3 is 0 Å². The van der Waals surface area contributed by atoms with Gasteiger partial charge in [0.25, 0.3) is 0 Å². The van der Waals surface area contributed by atoms with E-state index in [0.717, 1.165) is 22.3 Å². The number of aryl methyl sites for hydroxylation is 1. The molecule has 0 amide bonds. The molecule has 1 atom stereocenters. The lowest BCUT2D eigenvalue weighted by atomic mass is 10.0. The van der Waals surface area contributed by atoms with Gasteiger partial charge in [-0.2, -0.15) is 0 Å². The van der Waals surface area contributed by atoms with E-state index in [-0.39, 0.29) is 0 Å². The maximum Gasteiger partial charge on any atom is 0.109 e. The highest BCUT2D eigenvalue weighted by molar-refractivity contribution is 7.17. The molecule has 0 spiro atoms. The number of hydrogen-bond acceptors (Lipinski definition) is 3. The van der Waals surface area contributed by atoms with Crippen LogP contribution in [0.1, 0.15) is 23.0 Å². The number of fused-ring (bicyclic) bond motifs is 1. The maximum absolute atomic E-state index is 10.4. The Hall–Kier alpha value is -1.58. The average molecular weight is 244 g/mol. The monoisotopic (exact) mass is 244 g/mol. The third-order valence-corrected chi connectivity index (χ3v) is 3.98. The van der Waals surface area contributed by atoms with Crippen LogP contribution in [-0.2, 0) is 0 Å². The molecule has 0 saturated carbocycles. The number of hydrogen-bond donors (Lipinski definition) is 1. The number of furan rings is 1. The Kier molecular flexibility index (Phi) is 2.50. The van der Waals surface area contributed by atoms with Crippen LogP contribution in [0.15, 0.2) is 46.4 Å². The summed E-state index contributed by atoms with van der Waals surface area (Å²) in [5.41, 5.74) is 1.80. The molecule has 1 unspecified atom stereocenters. The molecule has 3 rings (SSSR count). The maximum atomic E-state index is 10.4. The summed E-state index contributed by atoms with van der Waals surface area (Å²) in [6.07, 6.45) is 1.01. The number of aliphatic hydroxyl groups excluding tert-OH is 1. The number of rotatable bonds is 2. The summed E-state index contributed by atoms with van der Waals surface area (Å²) in [6.45, 7) is 1.87. The predicted molar refractivity (Wildman–Crippen MR) is 69.3 cm³/mol. The van der Waals surface area contributed by atoms with Gasteiger partial charge in [0, 0.05) is 15.8 Å². The molecule has 2 aromatic heterocycles. The van der Waals surface area contributed by atoms with E-state index in [1.165, 1.54) is 4.70 Å². The molecule has 1 aromatic carbocycles. The zero-order valence-electron chi connectivity index (χ0n) is 9.38. The molecule has 0 aliphatic heterocycles. The minimum absolute atomic E-state index is 0.607. The smallest absolute Gasteiger partial charge is 0.109 e. The van der Waals surface area contributed by atoms with Gasteiger partial charge in [0.1, 0.15) is 11.9 Å². The lowest BCUT2D eigenvalue weighted by Crippen LogP contribution is -1.98. The molecule has 17 heavy (non-hydrogen) atoms. The van der Waals surface area contributed by atoms with Gasteiger partial charge in [-0.1, -0.05) is 18.2 Å². The molecule has 2 nitrogen and oxygen atoms in total. The highest BCUT2D eigenvalue weighted by Gasteiger charge is 2.18. The van der Waals surface area contributed by atoms with E-state index < -0.39 is 6.10 Å². The number of benzene rings is 1. The van der Waals surface area contributed by atoms with Gasteiger partial charge in [-0.15, -0.1) is 11.3 Å². The summed E-state index contributed by atoms with van der Waals surface area (Å²) in [4.78, 5) is 0. The summed E-state index contributed by atoms with van der Waals surface area (Å²) in [7, 11) is 0. The Morgan fingerprint density at radius 1 is 1.18 bits per heavy atom. The van der Waals surface area contributed by atoms with Crippen molar-refractivity contribution in [2.75, 3.05) is 0 Å². The molecule has 86 valence electrons. The highest BCUT2D eigenvalue weighted by atomic mass is 32.1. The molecule has 0 bridgehead atoms. The third-order valence-electron chi connectivity index (χ3n) is 3.00. The Labute approximate surface area is 103 Å². The van der Waals surface area contributed by atoms with Crippen molar-refractivity contribution in [1.29, 1.82) is 0 Å². The van der Waals surface area contributed by atoms with Crippen molar-refractivity contribution >= 4 is 21.4 Å². The second-order valence-corrected chi connectivity index (χ2v) is 4.93.